The van der Waals surface area contributed by atoms with Gasteiger partial charge in [-0.3, -0.25) is 0 Å². The van der Waals surface area contributed by atoms with Crippen molar-refractivity contribution in [2.75, 3.05) is 0 Å². The van der Waals surface area contributed by atoms with Crippen LogP contribution in [0.3, 0.4) is 0 Å². The second kappa shape index (κ2) is 3.99. The van der Waals surface area contributed by atoms with Crippen LogP contribution < -0.4 is 0 Å². The first-order valence-corrected chi connectivity index (χ1v) is 6.46. The lowest BCUT2D eigenvalue weighted by molar-refractivity contribution is 1.48. The molecule has 19 heavy (non-hydrogen) atoms. The van der Waals surface area contributed by atoms with Gasteiger partial charge in [-0.1, -0.05) is 48.5 Å². The topological polar surface area (TPSA) is 15.8 Å². The number of benzene rings is 3. The van der Waals surface area contributed by atoms with Gasteiger partial charge in [0.25, 0.3) is 0 Å². The third kappa shape index (κ3) is 1.71. The van der Waals surface area contributed by atoms with Gasteiger partial charge in [0.15, 0.2) is 0 Å². The van der Waals surface area contributed by atoms with Gasteiger partial charge in [-0.15, -0.1) is 0 Å². The number of nitrogens with one attached hydrogen (secondary N) is 1. The molecule has 90 valence electrons. The molecule has 0 bridgehead atoms. The highest BCUT2D eigenvalue weighted by atomic mass is 14.7. The van der Waals surface area contributed by atoms with Crippen LogP contribution in [0.5, 0.6) is 0 Å². The number of H-pyrrole nitrogens is 1. The van der Waals surface area contributed by atoms with Crippen LogP contribution in [0.4, 0.5) is 0 Å². The quantitative estimate of drug-likeness (QED) is 0.485. The first-order valence-electron chi connectivity index (χ1n) is 6.46. The molecule has 4 aromatic rings. The first-order chi connectivity index (χ1) is 9.40. The monoisotopic (exact) mass is 243 g/mol. The zero-order chi connectivity index (χ0) is 12.7. The van der Waals surface area contributed by atoms with Crippen molar-refractivity contribution >= 4 is 21.7 Å². The Bertz CT molecular complexity index is 871. The number of hydrogen-bond donors (Lipinski definition) is 1. The average molecular weight is 243 g/mol. The normalized spacial score (nSPS) is 11.2. The van der Waals surface area contributed by atoms with Crippen LogP contribution in [0.25, 0.3) is 32.8 Å². The highest BCUT2D eigenvalue weighted by Crippen LogP contribution is 2.26. The smallest absolute Gasteiger partial charge is 0.0460 e. The number of fused-ring (bicyclic) bond motifs is 2. The van der Waals surface area contributed by atoms with Crippen molar-refractivity contribution < 1.29 is 0 Å². The fourth-order valence-electron chi connectivity index (χ4n) is 2.60. The average Bonchev–Trinajstić information content (AvgIpc) is 2.94. The molecule has 0 radical (unpaired) electrons. The molecule has 4 rings (SSSR count). The van der Waals surface area contributed by atoms with E-state index in [2.05, 4.69) is 71.7 Å². The predicted octanol–water partition coefficient (Wildman–Crippen LogP) is 4.99. The van der Waals surface area contributed by atoms with E-state index in [0.29, 0.717) is 0 Å². The minimum atomic E-state index is 1.19. The Morgan fingerprint density at radius 3 is 2.21 bits per heavy atom. The summed E-state index contributed by atoms with van der Waals surface area (Å²) in [7, 11) is 0. The molecule has 1 N–H and O–H groups in total. The fraction of sp³-hybridized carbons (Fsp3) is 0. The van der Waals surface area contributed by atoms with Crippen LogP contribution in [0.1, 0.15) is 0 Å². The number of hydrogen-bond acceptors (Lipinski definition) is 0. The Hall–Kier alpha value is -2.54. The molecule has 0 amide bonds. The van der Waals surface area contributed by atoms with E-state index in [0.717, 1.165) is 0 Å². The highest BCUT2D eigenvalue weighted by molar-refractivity contribution is 5.90. The van der Waals surface area contributed by atoms with E-state index in [1.165, 1.54) is 32.8 Å². The van der Waals surface area contributed by atoms with Crippen LogP contribution in [-0.4, -0.2) is 4.98 Å². The molecule has 1 aromatic heterocycles. The molecule has 0 aliphatic carbocycles. The molecule has 0 atom stereocenters. The molecule has 0 aliphatic rings. The Morgan fingerprint density at radius 1 is 0.579 bits per heavy atom. The lowest BCUT2D eigenvalue weighted by Crippen LogP contribution is -1.79. The van der Waals surface area contributed by atoms with Gasteiger partial charge in [0.2, 0.25) is 0 Å². The van der Waals surface area contributed by atoms with Crippen molar-refractivity contribution in [2.45, 2.75) is 0 Å². The largest absolute Gasteiger partial charge is 0.361 e. The maximum atomic E-state index is 3.27. The number of aromatic amines is 1. The summed E-state index contributed by atoms with van der Waals surface area (Å²) in [6.45, 7) is 0. The lowest BCUT2D eigenvalue weighted by Gasteiger charge is -2.04. The maximum Gasteiger partial charge on any atom is 0.0460 e. The summed E-state index contributed by atoms with van der Waals surface area (Å²) in [5.74, 6) is 0. The minimum Gasteiger partial charge on any atom is -0.361 e. The van der Waals surface area contributed by atoms with Gasteiger partial charge >= 0.3 is 0 Å². The van der Waals surface area contributed by atoms with Crippen LogP contribution in [0.15, 0.2) is 72.9 Å². The molecule has 0 spiro atoms. The van der Waals surface area contributed by atoms with Gasteiger partial charge < -0.3 is 4.98 Å². The molecule has 1 heterocycles. The van der Waals surface area contributed by atoms with E-state index in [4.69, 9.17) is 0 Å². The van der Waals surface area contributed by atoms with Crippen molar-refractivity contribution in [2.24, 2.45) is 0 Å². The van der Waals surface area contributed by atoms with Crippen LogP contribution in [-0.2, 0) is 0 Å². The van der Waals surface area contributed by atoms with Crippen LogP contribution >= 0.6 is 0 Å². The number of rotatable bonds is 1. The Kier molecular flexibility index (Phi) is 2.18. The van der Waals surface area contributed by atoms with E-state index < -0.39 is 0 Å². The lowest BCUT2D eigenvalue weighted by atomic mass is 10.0. The van der Waals surface area contributed by atoms with Crippen LogP contribution in [0.2, 0.25) is 0 Å². The molecule has 0 saturated heterocycles. The molecule has 1 nitrogen and oxygen atoms in total. The predicted molar refractivity (Wildman–Crippen MR) is 81.2 cm³/mol. The summed E-state index contributed by atoms with van der Waals surface area (Å²) >= 11 is 0. The third-order valence-corrected chi connectivity index (χ3v) is 3.64. The Labute approximate surface area is 111 Å². The van der Waals surface area contributed by atoms with E-state index in [1.54, 1.807) is 0 Å². The molecule has 3 aromatic carbocycles. The summed E-state index contributed by atoms with van der Waals surface area (Å²) in [5.41, 5.74) is 3.70. The molecule has 0 aliphatic heterocycles. The molecule has 0 saturated carbocycles. The van der Waals surface area contributed by atoms with Crippen molar-refractivity contribution in [3.63, 3.8) is 0 Å². The van der Waals surface area contributed by atoms with Gasteiger partial charge in [-0.05, 0) is 45.5 Å². The van der Waals surface area contributed by atoms with E-state index in [1.807, 2.05) is 6.20 Å². The standard InChI is InChI=1S/C18H13N/c1-2-4-15-11-16(7-5-13(15)3-1)17-8-6-14-9-10-19-18(14)12-17/h1-12,19H. The summed E-state index contributed by atoms with van der Waals surface area (Å²) in [6, 6.07) is 23.7. The molecule has 0 fully saturated rings. The first kappa shape index (κ1) is 10.4. The van der Waals surface area contributed by atoms with Gasteiger partial charge in [0.1, 0.15) is 0 Å². The molecule has 1 heteroatoms. The van der Waals surface area contributed by atoms with Gasteiger partial charge in [-0.2, -0.15) is 0 Å². The number of aromatic nitrogens is 1. The minimum absolute atomic E-state index is 1.19. The third-order valence-electron chi connectivity index (χ3n) is 3.64. The molecule has 0 unspecified atom stereocenters. The van der Waals surface area contributed by atoms with Crippen molar-refractivity contribution in [1.82, 2.24) is 4.98 Å². The highest BCUT2D eigenvalue weighted by Gasteiger charge is 2.01. The molecular weight excluding hydrogens is 230 g/mol. The van der Waals surface area contributed by atoms with E-state index in [-0.39, 0.29) is 0 Å². The van der Waals surface area contributed by atoms with Gasteiger partial charge in [-0.25, -0.2) is 0 Å². The van der Waals surface area contributed by atoms with Crippen LogP contribution in [0, 0.1) is 0 Å². The zero-order valence-electron chi connectivity index (χ0n) is 10.4. The molecular formula is C18H13N. The summed E-state index contributed by atoms with van der Waals surface area (Å²) in [4.78, 5) is 3.27. The van der Waals surface area contributed by atoms with Gasteiger partial charge in [0.05, 0.1) is 0 Å². The van der Waals surface area contributed by atoms with Gasteiger partial charge in [0, 0.05) is 11.7 Å². The summed E-state index contributed by atoms with van der Waals surface area (Å²) < 4.78 is 0. The fourth-order valence-corrected chi connectivity index (χ4v) is 2.60. The second-order valence-electron chi connectivity index (χ2n) is 4.84. The van der Waals surface area contributed by atoms with E-state index in [9.17, 15) is 0 Å². The van der Waals surface area contributed by atoms with E-state index >= 15 is 0 Å². The SMILES string of the molecule is c1ccc2cc(-c3ccc4cc[nH]c4c3)ccc2c1. The Morgan fingerprint density at radius 2 is 1.32 bits per heavy atom. The summed E-state index contributed by atoms with van der Waals surface area (Å²) in [5, 5.41) is 3.82. The second-order valence-corrected chi connectivity index (χ2v) is 4.84. The maximum absolute atomic E-state index is 3.27. The van der Waals surface area contributed by atoms with Crippen molar-refractivity contribution in [3.05, 3.63) is 72.9 Å². The van der Waals surface area contributed by atoms with Crippen molar-refractivity contribution in [1.29, 1.82) is 0 Å². The zero-order valence-corrected chi connectivity index (χ0v) is 10.4. The Balaban J connectivity index is 1.92. The van der Waals surface area contributed by atoms with Crippen molar-refractivity contribution in [3.8, 4) is 11.1 Å². The summed E-state index contributed by atoms with van der Waals surface area (Å²) in [6.07, 6.45) is 1.98.